The Kier molecular flexibility index (Phi) is 4.02. The lowest BCUT2D eigenvalue weighted by Gasteiger charge is -2.26. The topological polar surface area (TPSA) is 55.3 Å². The minimum Gasteiger partial charge on any atom is -0.444 e. The molecule has 0 spiro atoms. The minimum absolute atomic E-state index is 0.271. The number of amides is 1. The smallest absolute Gasteiger partial charge is 0.410 e. The van der Waals surface area contributed by atoms with Gasteiger partial charge in [0, 0.05) is 31.0 Å². The van der Waals surface area contributed by atoms with Crippen molar-refractivity contribution in [2.24, 2.45) is 0 Å². The molecule has 1 aliphatic heterocycles. The van der Waals surface area contributed by atoms with Crippen molar-refractivity contribution in [3.63, 3.8) is 0 Å². The summed E-state index contributed by atoms with van der Waals surface area (Å²) in [5.74, 6) is 1.35. The summed E-state index contributed by atoms with van der Waals surface area (Å²) in [6.45, 7) is 6.83. The van der Waals surface area contributed by atoms with Crippen LogP contribution in [0.25, 0.3) is 0 Å². The van der Waals surface area contributed by atoms with Crippen molar-refractivity contribution in [2.75, 3.05) is 13.1 Å². The summed E-state index contributed by atoms with van der Waals surface area (Å²) < 4.78 is 5.45. The van der Waals surface area contributed by atoms with Gasteiger partial charge in [0.15, 0.2) is 0 Å². The molecule has 120 valence electrons. The fraction of sp³-hybridized carbons (Fsp3) is 0.688. The first kappa shape index (κ1) is 15.5. The summed E-state index contributed by atoms with van der Waals surface area (Å²) in [5, 5.41) is 0.554. The molecule has 1 aliphatic carbocycles. The second kappa shape index (κ2) is 5.69. The molecule has 1 amide bonds. The Labute approximate surface area is 136 Å². The van der Waals surface area contributed by atoms with Gasteiger partial charge in [-0.3, -0.25) is 0 Å². The molecule has 1 saturated carbocycles. The average molecular weight is 324 g/mol. The Morgan fingerprint density at radius 1 is 1.23 bits per heavy atom. The first-order valence-corrected chi connectivity index (χ1v) is 8.24. The van der Waals surface area contributed by atoms with Crippen molar-refractivity contribution in [3.8, 4) is 0 Å². The Morgan fingerprint density at radius 2 is 1.91 bits per heavy atom. The van der Waals surface area contributed by atoms with Crippen LogP contribution in [0, 0.1) is 0 Å². The van der Waals surface area contributed by atoms with Crippen molar-refractivity contribution in [2.45, 2.75) is 58.0 Å². The number of ether oxygens (including phenoxy) is 1. The fourth-order valence-electron chi connectivity index (χ4n) is 2.60. The number of rotatable bonds is 1. The summed E-state index contributed by atoms with van der Waals surface area (Å²) in [4.78, 5) is 23.1. The van der Waals surface area contributed by atoms with Gasteiger partial charge >= 0.3 is 6.09 Å². The lowest BCUT2D eigenvalue weighted by atomic mass is 10.1. The molecule has 0 radical (unpaired) electrons. The molecule has 0 bridgehead atoms. The van der Waals surface area contributed by atoms with Gasteiger partial charge in [0.1, 0.15) is 16.6 Å². The zero-order chi connectivity index (χ0) is 15.9. The molecular formula is C16H22ClN3O2. The second-order valence-electron chi connectivity index (χ2n) is 7.04. The van der Waals surface area contributed by atoms with Gasteiger partial charge in [0.25, 0.3) is 0 Å². The maximum absolute atomic E-state index is 12.2. The number of hydrogen-bond acceptors (Lipinski definition) is 4. The van der Waals surface area contributed by atoms with Gasteiger partial charge in [0.2, 0.25) is 0 Å². The highest BCUT2D eigenvalue weighted by molar-refractivity contribution is 6.30. The third kappa shape index (κ3) is 3.51. The molecule has 0 unspecified atom stereocenters. The van der Waals surface area contributed by atoms with Gasteiger partial charge in [-0.15, -0.1) is 0 Å². The Morgan fingerprint density at radius 3 is 2.55 bits per heavy atom. The number of hydrogen-bond donors (Lipinski definition) is 0. The summed E-state index contributed by atoms with van der Waals surface area (Å²) in [7, 11) is 0. The Hall–Kier alpha value is -1.36. The predicted octanol–water partition coefficient (Wildman–Crippen LogP) is 3.34. The van der Waals surface area contributed by atoms with E-state index in [1.54, 1.807) is 4.90 Å². The predicted molar refractivity (Wildman–Crippen MR) is 84.2 cm³/mol. The lowest BCUT2D eigenvalue weighted by molar-refractivity contribution is 0.0258. The van der Waals surface area contributed by atoms with Gasteiger partial charge < -0.3 is 9.64 Å². The van der Waals surface area contributed by atoms with E-state index in [1.807, 2.05) is 20.8 Å². The molecular weight excluding hydrogens is 302 g/mol. The first-order chi connectivity index (χ1) is 10.3. The highest BCUT2D eigenvalue weighted by Crippen LogP contribution is 2.39. The number of nitrogens with zero attached hydrogens (tertiary/aromatic N) is 3. The maximum atomic E-state index is 12.2. The summed E-state index contributed by atoms with van der Waals surface area (Å²) in [5.41, 5.74) is 1.50. The van der Waals surface area contributed by atoms with E-state index >= 15 is 0 Å². The van der Waals surface area contributed by atoms with Crippen molar-refractivity contribution in [1.82, 2.24) is 14.9 Å². The van der Waals surface area contributed by atoms with E-state index in [9.17, 15) is 4.79 Å². The van der Waals surface area contributed by atoms with Crippen LogP contribution in [0.4, 0.5) is 4.79 Å². The van der Waals surface area contributed by atoms with Crippen molar-refractivity contribution in [3.05, 3.63) is 22.2 Å². The van der Waals surface area contributed by atoms with Crippen LogP contribution in [0.2, 0.25) is 5.15 Å². The molecule has 0 atom stereocenters. The third-order valence-electron chi connectivity index (χ3n) is 3.90. The van der Waals surface area contributed by atoms with Crippen LogP contribution in [0.3, 0.4) is 0 Å². The number of carbonyl (C=O) groups is 1. The monoisotopic (exact) mass is 323 g/mol. The zero-order valence-corrected chi connectivity index (χ0v) is 14.1. The van der Waals surface area contributed by atoms with Gasteiger partial charge in [-0.05, 0) is 40.0 Å². The number of aromatic nitrogens is 2. The lowest BCUT2D eigenvalue weighted by Crippen LogP contribution is -2.38. The van der Waals surface area contributed by atoms with E-state index in [2.05, 4.69) is 4.98 Å². The largest absolute Gasteiger partial charge is 0.444 e. The zero-order valence-electron chi connectivity index (χ0n) is 13.4. The maximum Gasteiger partial charge on any atom is 0.410 e. The van der Waals surface area contributed by atoms with Crippen LogP contribution in [-0.2, 0) is 17.6 Å². The van der Waals surface area contributed by atoms with Gasteiger partial charge in [-0.25, -0.2) is 14.8 Å². The third-order valence-corrected chi connectivity index (χ3v) is 4.22. The summed E-state index contributed by atoms with van der Waals surface area (Å²) >= 11 is 6.34. The quantitative estimate of drug-likeness (QED) is 0.744. The van der Waals surface area contributed by atoms with Gasteiger partial charge in [0.05, 0.1) is 5.69 Å². The molecule has 1 aromatic heterocycles. The van der Waals surface area contributed by atoms with E-state index in [0.717, 1.165) is 29.9 Å². The van der Waals surface area contributed by atoms with Crippen LogP contribution in [0.1, 0.15) is 56.6 Å². The molecule has 5 nitrogen and oxygen atoms in total. The SMILES string of the molecule is CC(C)(C)OC(=O)N1CCc2nc(C3CC3)nc(Cl)c2CC1. The fourth-order valence-corrected chi connectivity index (χ4v) is 2.89. The molecule has 1 fully saturated rings. The molecule has 3 rings (SSSR count). The molecule has 0 saturated heterocycles. The van der Waals surface area contributed by atoms with Crippen LogP contribution in [0.15, 0.2) is 0 Å². The van der Waals surface area contributed by atoms with E-state index in [1.165, 1.54) is 0 Å². The van der Waals surface area contributed by atoms with Crippen molar-refractivity contribution < 1.29 is 9.53 Å². The molecule has 22 heavy (non-hydrogen) atoms. The van der Waals surface area contributed by atoms with Crippen molar-refractivity contribution in [1.29, 1.82) is 0 Å². The molecule has 1 aromatic rings. The number of fused-ring (bicyclic) bond motifs is 1. The minimum atomic E-state index is -0.479. The van der Waals surface area contributed by atoms with Gasteiger partial charge in [-0.2, -0.15) is 0 Å². The summed E-state index contributed by atoms with van der Waals surface area (Å²) in [6, 6.07) is 0. The van der Waals surface area contributed by atoms with E-state index in [-0.39, 0.29) is 6.09 Å². The van der Waals surface area contributed by atoms with Crippen LogP contribution >= 0.6 is 11.6 Å². The first-order valence-electron chi connectivity index (χ1n) is 7.86. The Bertz CT molecular complexity index is 594. The average Bonchev–Trinajstić information content (AvgIpc) is 3.23. The molecule has 6 heteroatoms. The molecule has 0 N–H and O–H groups in total. The highest BCUT2D eigenvalue weighted by atomic mass is 35.5. The standard InChI is InChI=1S/C16H22ClN3O2/c1-16(2,3)22-15(21)20-8-6-11-12(7-9-20)18-14(10-4-5-10)19-13(11)17/h10H,4-9H2,1-3H3. The van der Waals surface area contributed by atoms with Crippen molar-refractivity contribution >= 4 is 17.7 Å². The molecule has 2 aliphatic rings. The summed E-state index contributed by atoms with van der Waals surface area (Å²) in [6.07, 6.45) is 3.42. The molecule has 0 aromatic carbocycles. The second-order valence-corrected chi connectivity index (χ2v) is 7.40. The van der Waals surface area contributed by atoms with E-state index in [4.69, 9.17) is 21.3 Å². The highest BCUT2D eigenvalue weighted by Gasteiger charge is 2.30. The van der Waals surface area contributed by atoms with E-state index in [0.29, 0.717) is 37.0 Å². The van der Waals surface area contributed by atoms with E-state index < -0.39 is 5.60 Å². The van der Waals surface area contributed by atoms with Crippen LogP contribution in [0.5, 0.6) is 0 Å². The number of carbonyl (C=O) groups excluding carboxylic acids is 1. The number of halogens is 1. The van der Waals surface area contributed by atoms with Gasteiger partial charge in [-0.1, -0.05) is 11.6 Å². The Balaban J connectivity index is 1.75. The van der Waals surface area contributed by atoms with Crippen LogP contribution in [-0.4, -0.2) is 39.7 Å². The van der Waals surface area contributed by atoms with Crippen LogP contribution < -0.4 is 0 Å². The normalized spacial score (nSPS) is 18.6. The molecule has 2 heterocycles.